The summed E-state index contributed by atoms with van der Waals surface area (Å²) >= 11 is 1.43. The molecule has 0 saturated carbocycles. The van der Waals surface area contributed by atoms with E-state index >= 15 is 0 Å². The fourth-order valence-electron chi connectivity index (χ4n) is 0.395. The van der Waals surface area contributed by atoms with Gasteiger partial charge in [-0.3, -0.25) is 4.79 Å². The van der Waals surface area contributed by atoms with Crippen LogP contribution >= 0.6 is 11.8 Å². The number of rotatable bonds is 5. The van der Waals surface area contributed by atoms with Gasteiger partial charge in [0.05, 0.1) is 0 Å². The van der Waals surface area contributed by atoms with Crippen LogP contribution in [-0.2, 0) is 4.79 Å². The molecule has 11 heavy (non-hydrogen) atoms. The van der Waals surface area contributed by atoms with Gasteiger partial charge in [0.1, 0.15) is 6.04 Å². The molecule has 0 aliphatic rings. The van der Waals surface area contributed by atoms with Crippen molar-refractivity contribution >= 4 is 17.7 Å². The Balaban J connectivity index is 3.38. The average Bonchev–Trinajstić information content (AvgIpc) is 1.97. The highest BCUT2D eigenvalue weighted by molar-refractivity contribution is 8.02. The van der Waals surface area contributed by atoms with Gasteiger partial charge in [-0.25, -0.2) is 0 Å². The topological polar surface area (TPSA) is 63.3 Å². The maximum absolute atomic E-state index is 10.2. The number of carboxylic acid groups (broad SMARTS) is 1. The zero-order valence-corrected chi connectivity index (χ0v) is 7.30. The Kier molecular flexibility index (Phi) is 5.97. The van der Waals surface area contributed by atoms with E-state index in [2.05, 4.69) is 0 Å². The van der Waals surface area contributed by atoms with Gasteiger partial charge in [-0.1, -0.05) is 13.0 Å². The summed E-state index contributed by atoms with van der Waals surface area (Å²) in [5.41, 5.74) is 5.24. The number of hydrogen-bond donors (Lipinski definition) is 2. The van der Waals surface area contributed by atoms with E-state index in [9.17, 15) is 4.79 Å². The van der Waals surface area contributed by atoms with Gasteiger partial charge in [-0.2, -0.15) is 0 Å². The molecule has 3 N–H and O–H groups in total. The summed E-state index contributed by atoms with van der Waals surface area (Å²) in [6.07, 6.45) is 2.94. The smallest absolute Gasteiger partial charge is 0.321 e. The first-order chi connectivity index (χ1) is 5.18. The number of thioether (sulfide) groups is 1. The minimum atomic E-state index is -0.942. The Bertz CT molecular complexity index is 147. The first kappa shape index (κ1) is 10.5. The van der Waals surface area contributed by atoms with Crippen LogP contribution in [0.1, 0.15) is 13.3 Å². The van der Waals surface area contributed by atoms with Crippen LogP contribution in [-0.4, -0.2) is 22.9 Å². The molecule has 0 unspecified atom stereocenters. The molecule has 0 rings (SSSR count). The fraction of sp³-hybridized carbons (Fsp3) is 0.571. The first-order valence-electron chi connectivity index (χ1n) is 3.43. The molecule has 4 heteroatoms. The summed E-state index contributed by atoms with van der Waals surface area (Å²) < 4.78 is 0. The van der Waals surface area contributed by atoms with Crippen LogP contribution in [0.15, 0.2) is 11.5 Å². The van der Waals surface area contributed by atoms with E-state index in [1.165, 1.54) is 11.8 Å². The Hall–Kier alpha value is -0.480. The van der Waals surface area contributed by atoms with Crippen LogP contribution in [0, 0.1) is 0 Å². The molecule has 0 aromatic rings. The van der Waals surface area contributed by atoms with Crippen molar-refractivity contribution in [3.05, 3.63) is 11.5 Å². The van der Waals surface area contributed by atoms with Crippen molar-refractivity contribution in [2.45, 2.75) is 19.4 Å². The van der Waals surface area contributed by atoms with Gasteiger partial charge >= 0.3 is 5.97 Å². The maximum Gasteiger partial charge on any atom is 0.321 e. The van der Waals surface area contributed by atoms with Crippen molar-refractivity contribution in [2.24, 2.45) is 5.73 Å². The Labute approximate surface area is 70.7 Å². The SMILES string of the molecule is CC/C=C/SC[C@H](N)C(=O)O. The highest BCUT2D eigenvalue weighted by Gasteiger charge is 2.09. The molecule has 0 saturated heterocycles. The molecule has 0 aromatic heterocycles. The van der Waals surface area contributed by atoms with Crippen molar-refractivity contribution in [3.8, 4) is 0 Å². The lowest BCUT2D eigenvalue weighted by Crippen LogP contribution is -2.32. The largest absolute Gasteiger partial charge is 0.480 e. The number of hydrogen-bond acceptors (Lipinski definition) is 3. The minimum Gasteiger partial charge on any atom is -0.480 e. The second kappa shape index (κ2) is 6.24. The predicted molar refractivity (Wildman–Crippen MR) is 47.5 cm³/mol. The third kappa shape index (κ3) is 5.94. The summed E-state index contributed by atoms with van der Waals surface area (Å²) in [6, 6.07) is -0.749. The molecule has 64 valence electrons. The highest BCUT2D eigenvalue weighted by Crippen LogP contribution is 2.03. The van der Waals surface area contributed by atoms with Crippen molar-refractivity contribution in [1.82, 2.24) is 0 Å². The molecule has 0 aliphatic heterocycles. The van der Waals surface area contributed by atoms with E-state index in [0.29, 0.717) is 5.75 Å². The zero-order chi connectivity index (χ0) is 8.69. The summed E-state index contributed by atoms with van der Waals surface area (Å²) in [7, 11) is 0. The Morgan fingerprint density at radius 3 is 2.91 bits per heavy atom. The summed E-state index contributed by atoms with van der Waals surface area (Å²) in [5, 5.41) is 10.3. The molecule has 1 atom stereocenters. The van der Waals surface area contributed by atoms with Gasteiger partial charge in [0, 0.05) is 5.75 Å². The molecular formula is C7H13NO2S. The second-order valence-corrected chi connectivity index (χ2v) is 3.00. The van der Waals surface area contributed by atoms with Crippen molar-refractivity contribution in [1.29, 1.82) is 0 Å². The summed E-state index contributed by atoms with van der Waals surface area (Å²) in [4.78, 5) is 10.2. The molecule has 0 amide bonds. The summed E-state index contributed by atoms with van der Waals surface area (Å²) in [6.45, 7) is 2.02. The molecule has 0 fully saturated rings. The van der Waals surface area contributed by atoms with Gasteiger partial charge in [-0.15, -0.1) is 11.8 Å². The average molecular weight is 175 g/mol. The van der Waals surface area contributed by atoms with Crippen LogP contribution < -0.4 is 5.73 Å². The Morgan fingerprint density at radius 1 is 1.82 bits per heavy atom. The third-order valence-electron chi connectivity index (χ3n) is 1.02. The third-order valence-corrected chi connectivity index (χ3v) is 1.96. The monoisotopic (exact) mass is 175 g/mol. The first-order valence-corrected chi connectivity index (χ1v) is 4.48. The quantitative estimate of drug-likeness (QED) is 0.655. The molecule has 0 radical (unpaired) electrons. The molecule has 0 aliphatic carbocycles. The van der Waals surface area contributed by atoms with Crippen LogP contribution in [0.4, 0.5) is 0 Å². The van der Waals surface area contributed by atoms with Crippen LogP contribution in [0.3, 0.4) is 0 Å². The van der Waals surface area contributed by atoms with Gasteiger partial charge in [-0.05, 0) is 11.8 Å². The van der Waals surface area contributed by atoms with E-state index < -0.39 is 12.0 Å². The Morgan fingerprint density at radius 2 is 2.45 bits per heavy atom. The number of aliphatic carboxylic acids is 1. The number of allylic oxidation sites excluding steroid dienone is 1. The molecule has 0 aromatic carbocycles. The van der Waals surface area contributed by atoms with Crippen molar-refractivity contribution in [3.63, 3.8) is 0 Å². The lowest BCUT2D eigenvalue weighted by atomic mass is 10.4. The standard InChI is InChI=1S/C7H13NO2S/c1-2-3-4-11-5-6(8)7(9)10/h3-4,6H,2,5,8H2,1H3,(H,9,10)/b4-3+/t6-/m0/s1. The van der Waals surface area contributed by atoms with Crippen LogP contribution in [0.5, 0.6) is 0 Å². The molecule has 0 heterocycles. The lowest BCUT2D eigenvalue weighted by Gasteiger charge is -2.01. The predicted octanol–water partition coefficient (Wildman–Crippen LogP) is 1.06. The minimum absolute atomic E-state index is 0.436. The van der Waals surface area contributed by atoms with E-state index in [0.717, 1.165) is 6.42 Å². The number of nitrogens with two attached hydrogens (primary N) is 1. The lowest BCUT2D eigenvalue weighted by molar-refractivity contribution is -0.137. The normalized spacial score (nSPS) is 13.6. The van der Waals surface area contributed by atoms with E-state index in [-0.39, 0.29) is 0 Å². The molecular weight excluding hydrogens is 162 g/mol. The summed E-state index contributed by atoms with van der Waals surface area (Å²) in [5.74, 6) is -0.506. The number of carbonyl (C=O) groups is 1. The molecule has 0 bridgehead atoms. The zero-order valence-electron chi connectivity index (χ0n) is 6.49. The van der Waals surface area contributed by atoms with E-state index in [1.807, 2.05) is 18.4 Å². The maximum atomic E-state index is 10.2. The van der Waals surface area contributed by atoms with Gasteiger partial charge < -0.3 is 10.8 Å². The van der Waals surface area contributed by atoms with E-state index in [4.69, 9.17) is 10.8 Å². The molecule has 3 nitrogen and oxygen atoms in total. The van der Waals surface area contributed by atoms with Crippen molar-refractivity contribution in [2.75, 3.05) is 5.75 Å². The highest BCUT2D eigenvalue weighted by atomic mass is 32.2. The fourth-order valence-corrected chi connectivity index (χ4v) is 1.18. The van der Waals surface area contributed by atoms with Crippen molar-refractivity contribution < 1.29 is 9.90 Å². The second-order valence-electron chi connectivity index (χ2n) is 2.06. The number of carboxylic acids is 1. The molecule has 0 spiro atoms. The van der Waals surface area contributed by atoms with E-state index in [1.54, 1.807) is 0 Å². The van der Waals surface area contributed by atoms with Gasteiger partial charge in [0.2, 0.25) is 0 Å². The van der Waals surface area contributed by atoms with Gasteiger partial charge in [0.25, 0.3) is 0 Å². The van der Waals surface area contributed by atoms with Crippen LogP contribution in [0.25, 0.3) is 0 Å². The van der Waals surface area contributed by atoms with Crippen LogP contribution in [0.2, 0.25) is 0 Å². The van der Waals surface area contributed by atoms with Gasteiger partial charge in [0.15, 0.2) is 0 Å².